The molecule has 3 heterocycles. The zero-order valence-electron chi connectivity index (χ0n) is 10.6. The molecular formula is C13H16ClN3S. The molecule has 18 heavy (non-hydrogen) atoms. The maximum Gasteiger partial charge on any atom is 0.131 e. The van der Waals surface area contributed by atoms with Gasteiger partial charge in [-0.15, -0.1) is 11.3 Å². The lowest BCUT2D eigenvalue weighted by Gasteiger charge is -2.26. The van der Waals surface area contributed by atoms with Crippen LogP contribution in [0.5, 0.6) is 0 Å². The van der Waals surface area contributed by atoms with Crippen molar-refractivity contribution in [3.8, 4) is 0 Å². The first kappa shape index (κ1) is 12.2. The molecule has 0 saturated heterocycles. The molecular weight excluding hydrogens is 266 g/mol. The van der Waals surface area contributed by atoms with Gasteiger partial charge in [0.2, 0.25) is 0 Å². The molecule has 0 unspecified atom stereocenters. The summed E-state index contributed by atoms with van der Waals surface area (Å²) in [7, 11) is 1.89. The molecule has 1 aliphatic heterocycles. The third-order valence-corrected chi connectivity index (χ3v) is 5.03. The Kier molecular flexibility index (Phi) is 3.18. The van der Waals surface area contributed by atoms with E-state index in [0.717, 1.165) is 42.5 Å². The van der Waals surface area contributed by atoms with Gasteiger partial charge in [0.1, 0.15) is 5.15 Å². The van der Waals surface area contributed by atoms with Gasteiger partial charge in [0.15, 0.2) is 0 Å². The van der Waals surface area contributed by atoms with Crippen LogP contribution in [0.3, 0.4) is 0 Å². The molecule has 3 rings (SSSR count). The van der Waals surface area contributed by atoms with Crippen molar-refractivity contribution >= 4 is 22.9 Å². The van der Waals surface area contributed by atoms with Crippen molar-refractivity contribution in [2.75, 3.05) is 6.54 Å². The molecule has 0 spiro atoms. The van der Waals surface area contributed by atoms with Gasteiger partial charge in [-0.1, -0.05) is 11.6 Å². The summed E-state index contributed by atoms with van der Waals surface area (Å²) in [5, 5.41) is 7.33. The lowest BCUT2D eigenvalue weighted by molar-refractivity contribution is 0.247. The number of aryl methyl sites for hydroxylation is 2. The Morgan fingerprint density at radius 3 is 3.06 bits per heavy atom. The van der Waals surface area contributed by atoms with Crippen LogP contribution in [0.25, 0.3) is 0 Å². The van der Waals surface area contributed by atoms with Gasteiger partial charge in [-0.05, 0) is 30.4 Å². The summed E-state index contributed by atoms with van der Waals surface area (Å²) in [5.41, 5.74) is 3.68. The molecule has 5 heteroatoms. The van der Waals surface area contributed by atoms with Crippen molar-refractivity contribution in [3.63, 3.8) is 0 Å². The fourth-order valence-electron chi connectivity index (χ4n) is 2.52. The minimum Gasteiger partial charge on any atom is -0.294 e. The summed E-state index contributed by atoms with van der Waals surface area (Å²) in [5.74, 6) is 0. The van der Waals surface area contributed by atoms with Gasteiger partial charge < -0.3 is 0 Å². The van der Waals surface area contributed by atoms with Gasteiger partial charge in [0.25, 0.3) is 0 Å². The highest BCUT2D eigenvalue weighted by Gasteiger charge is 2.20. The van der Waals surface area contributed by atoms with Crippen LogP contribution in [0, 0.1) is 6.92 Å². The molecule has 0 aromatic carbocycles. The molecule has 3 nitrogen and oxygen atoms in total. The molecule has 96 valence electrons. The van der Waals surface area contributed by atoms with Crippen molar-refractivity contribution in [2.45, 2.75) is 26.4 Å². The molecule has 0 atom stereocenters. The second-order valence-corrected chi connectivity index (χ2v) is 6.17. The van der Waals surface area contributed by atoms with Crippen LogP contribution in [0.15, 0.2) is 11.4 Å². The fraction of sp³-hybridized carbons (Fsp3) is 0.462. The van der Waals surface area contributed by atoms with Gasteiger partial charge in [-0.3, -0.25) is 9.58 Å². The van der Waals surface area contributed by atoms with E-state index in [0.29, 0.717) is 0 Å². The topological polar surface area (TPSA) is 21.1 Å². The van der Waals surface area contributed by atoms with Crippen molar-refractivity contribution in [3.05, 3.63) is 38.3 Å². The number of hydrogen-bond acceptors (Lipinski definition) is 3. The number of hydrogen-bond donors (Lipinski definition) is 0. The van der Waals surface area contributed by atoms with Crippen LogP contribution in [0.4, 0.5) is 0 Å². The summed E-state index contributed by atoms with van der Waals surface area (Å²) in [6.45, 7) is 5.07. The Balaban J connectivity index is 1.78. The normalized spacial score (nSPS) is 15.9. The Bertz CT molecular complexity index is 573. The Morgan fingerprint density at radius 1 is 1.50 bits per heavy atom. The number of thiophene rings is 1. The standard InChI is InChI=1S/C13H16ClN3S/c1-9-11(13(14)16(2)15-9)8-17-5-3-12-10(7-17)4-6-18-12/h4,6H,3,5,7-8H2,1-2H3. The van der Waals surface area contributed by atoms with Crippen molar-refractivity contribution in [2.24, 2.45) is 7.05 Å². The molecule has 2 aromatic heterocycles. The van der Waals surface area contributed by atoms with E-state index in [1.54, 1.807) is 9.56 Å². The third-order valence-electron chi connectivity index (χ3n) is 3.54. The van der Waals surface area contributed by atoms with Crippen LogP contribution < -0.4 is 0 Å². The zero-order valence-corrected chi connectivity index (χ0v) is 12.2. The predicted octanol–water partition coefficient (Wildman–Crippen LogP) is 3.00. The molecule has 0 radical (unpaired) electrons. The largest absolute Gasteiger partial charge is 0.294 e. The molecule has 1 aliphatic rings. The average molecular weight is 282 g/mol. The van der Waals surface area contributed by atoms with E-state index in [9.17, 15) is 0 Å². The van der Waals surface area contributed by atoms with Gasteiger partial charge in [-0.25, -0.2) is 0 Å². The van der Waals surface area contributed by atoms with Crippen LogP contribution in [0.1, 0.15) is 21.7 Å². The quantitative estimate of drug-likeness (QED) is 0.844. The summed E-state index contributed by atoms with van der Waals surface area (Å²) in [4.78, 5) is 3.99. The van der Waals surface area contributed by atoms with Crippen molar-refractivity contribution in [1.82, 2.24) is 14.7 Å². The van der Waals surface area contributed by atoms with E-state index in [1.807, 2.05) is 25.3 Å². The third kappa shape index (κ3) is 2.09. The Hall–Kier alpha value is -0.840. The molecule has 2 aromatic rings. The van der Waals surface area contributed by atoms with E-state index < -0.39 is 0 Å². The SMILES string of the molecule is Cc1nn(C)c(Cl)c1CN1CCc2sccc2C1. The van der Waals surface area contributed by atoms with E-state index >= 15 is 0 Å². The molecule has 0 amide bonds. The first-order valence-electron chi connectivity index (χ1n) is 6.10. The van der Waals surface area contributed by atoms with E-state index in [2.05, 4.69) is 21.4 Å². The molecule has 0 bridgehead atoms. The average Bonchev–Trinajstić information content (AvgIpc) is 2.89. The number of fused-ring (bicyclic) bond motifs is 1. The summed E-state index contributed by atoms with van der Waals surface area (Å²) in [6.07, 6.45) is 1.16. The van der Waals surface area contributed by atoms with E-state index in [4.69, 9.17) is 11.6 Å². The summed E-state index contributed by atoms with van der Waals surface area (Å²) in [6, 6.07) is 2.24. The van der Waals surface area contributed by atoms with Crippen LogP contribution >= 0.6 is 22.9 Å². The number of rotatable bonds is 2. The van der Waals surface area contributed by atoms with Crippen LogP contribution in [-0.4, -0.2) is 21.2 Å². The number of halogens is 1. The highest BCUT2D eigenvalue weighted by atomic mass is 35.5. The highest BCUT2D eigenvalue weighted by molar-refractivity contribution is 7.10. The summed E-state index contributed by atoms with van der Waals surface area (Å²) >= 11 is 8.16. The molecule has 0 saturated carbocycles. The maximum atomic E-state index is 6.29. The minimum atomic E-state index is 0.767. The second-order valence-electron chi connectivity index (χ2n) is 4.81. The lowest BCUT2D eigenvalue weighted by Crippen LogP contribution is -2.29. The number of aromatic nitrogens is 2. The highest BCUT2D eigenvalue weighted by Crippen LogP contribution is 2.27. The predicted molar refractivity (Wildman–Crippen MR) is 75.1 cm³/mol. The second kappa shape index (κ2) is 4.68. The zero-order chi connectivity index (χ0) is 12.7. The van der Waals surface area contributed by atoms with Crippen molar-refractivity contribution < 1.29 is 0 Å². The van der Waals surface area contributed by atoms with Gasteiger partial charge in [-0.2, -0.15) is 5.10 Å². The smallest absolute Gasteiger partial charge is 0.131 e. The molecule has 0 N–H and O–H groups in total. The van der Waals surface area contributed by atoms with E-state index in [-0.39, 0.29) is 0 Å². The Morgan fingerprint density at radius 2 is 2.33 bits per heavy atom. The molecule has 0 fully saturated rings. The van der Waals surface area contributed by atoms with Gasteiger partial charge in [0, 0.05) is 37.1 Å². The Labute approximate surface area is 116 Å². The number of nitrogens with zero attached hydrogens (tertiary/aromatic N) is 3. The van der Waals surface area contributed by atoms with E-state index in [1.165, 1.54) is 5.56 Å². The summed E-state index contributed by atoms with van der Waals surface area (Å²) < 4.78 is 1.76. The fourth-order valence-corrected chi connectivity index (χ4v) is 3.64. The van der Waals surface area contributed by atoms with Crippen LogP contribution in [-0.2, 0) is 26.6 Å². The first-order valence-corrected chi connectivity index (χ1v) is 7.36. The van der Waals surface area contributed by atoms with Crippen LogP contribution in [0.2, 0.25) is 5.15 Å². The maximum absolute atomic E-state index is 6.29. The first-order chi connectivity index (χ1) is 8.65. The van der Waals surface area contributed by atoms with Crippen molar-refractivity contribution in [1.29, 1.82) is 0 Å². The monoisotopic (exact) mass is 281 g/mol. The minimum absolute atomic E-state index is 0.767. The molecule has 0 aliphatic carbocycles. The lowest BCUT2D eigenvalue weighted by atomic mass is 10.1. The van der Waals surface area contributed by atoms with Gasteiger partial charge >= 0.3 is 0 Å². The van der Waals surface area contributed by atoms with Gasteiger partial charge in [0.05, 0.1) is 5.69 Å².